The number of hydrogen-bond donors (Lipinski definition) is 1. The Morgan fingerprint density at radius 2 is 2.33 bits per heavy atom. The maximum absolute atomic E-state index is 3.49. The van der Waals surface area contributed by atoms with Gasteiger partial charge in [-0.05, 0) is 30.8 Å². The molecular formula is C12H21NS2. The van der Waals surface area contributed by atoms with Crippen molar-refractivity contribution in [1.29, 1.82) is 0 Å². The van der Waals surface area contributed by atoms with E-state index in [1.807, 2.05) is 11.3 Å². The van der Waals surface area contributed by atoms with E-state index in [-0.39, 0.29) is 0 Å². The van der Waals surface area contributed by atoms with Crippen LogP contribution in [0.1, 0.15) is 25.1 Å². The summed E-state index contributed by atoms with van der Waals surface area (Å²) in [6, 6.07) is 4.33. The monoisotopic (exact) mass is 243 g/mol. The predicted molar refractivity (Wildman–Crippen MR) is 73.1 cm³/mol. The van der Waals surface area contributed by atoms with Gasteiger partial charge >= 0.3 is 0 Å². The van der Waals surface area contributed by atoms with Crippen molar-refractivity contribution >= 4 is 23.1 Å². The number of hydrogen-bond acceptors (Lipinski definition) is 3. The van der Waals surface area contributed by atoms with Gasteiger partial charge in [-0.3, -0.25) is 0 Å². The summed E-state index contributed by atoms with van der Waals surface area (Å²) in [4.78, 5) is 1.48. The molecule has 3 heteroatoms. The lowest BCUT2D eigenvalue weighted by atomic mass is 10.3. The minimum Gasteiger partial charge on any atom is -0.316 e. The van der Waals surface area contributed by atoms with Gasteiger partial charge in [0.1, 0.15) is 0 Å². The molecule has 0 saturated carbocycles. The molecule has 0 amide bonds. The van der Waals surface area contributed by atoms with Crippen LogP contribution in [0, 0.1) is 0 Å². The molecular weight excluding hydrogens is 222 g/mol. The quantitative estimate of drug-likeness (QED) is 0.702. The first kappa shape index (κ1) is 13.1. The number of thiophene rings is 1. The van der Waals surface area contributed by atoms with E-state index in [0.717, 1.165) is 18.3 Å². The van der Waals surface area contributed by atoms with Gasteiger partial charge in [0.15, 0.2) is 0 Å². The molecule has 0 fully saturated rings. The summed E-state index contributed by atoms with van der Waals surface area (Å²) in [7, 11) is 0. The molecule has 1 N–H and O–H groups in total. The number of thioether (sulfide) groups is 1. The number of nitrogens with one attached hydrogen (secondary N) is 1. The molecule has 86 valence electrons. The SMILES string of the molecule is CCC(C)SCCNCCc1cccs1. The Balaban J connectivity index is 1.89. The van der Waals surface area contributed by atoms with E-state index >= 15 is 0 Å². The smallest absolute Gasteiger partial charge is 0.00607 e. The maximum Gasteiger partial charge on any atom is 0.00607 e. The van der Waals surface area contributed by atoms with Gasteiger partial charge in [0.25, 0.3) is 0 Å². The molecule has 15 heavy (non-hydrogen) atoms. The van der Waals surface area contributed by atoms with Gasteiger partial charge in [-0.15, -0.1) is 11.3 Å². The molecule has 1 rings (SSSR count). The zero-order chi connectivity index (χ0) is 10.9. The first-order valence-corrected chi connectivity index (χ1v) is 7.60. The molecule has 1 aromatic rings. The Kier molecular flexibility index (Phi) is 7.14. The summed E-state index contributed by atoms with van der Waals surface area (Å²) in [5, 5.41) is 6.45. The van der Waals surface area contributed by atoms with Gasteiger partial charge in [0, 0.05) is 22.4 Å². The summed E-state index contributed by atoms with van der Waals surface area (Å²) < 4.78 is 0. The van der Waals surface area contributed by atoms with E-state index in [1.165, 1.54) is 23.5 Å². The van der Waals surface area contributed by atoms with E-state index in [9.17, 15) is 0 Å². The highest BCUT2D eigenvalue weighted by atomic mass is 32.2. The van der Waals surface area contributed by atoms with Crippen LogP contribution in [0.3, 0.4) is 0 Å². The molecule has 0 spiro atoms. The van der Waals surface area contributed by atoms with Crippen LogP contribution in [-0.2, 0) is 6.42 Å². The van der Waals surface area contributed by atoms with Crippen molar-refractivity contribution in [3.8, 4) is 0 Å². The molecule has 1 aromatic heterocycles. The molecule has 0 radical (unpaired) electrons. The Hall–Kier alpha value is 0.01000. The van der Waals surface area contributed by atoms with Crippen molar-refractivity contribution in [3.63, 3.8) is 0 Å². The highest BCUT2D eigenvalue weighted by molar-refractivity contribution is 7.99. The Morgan fingerprint density at radius 1 is 1.47 bits per heavy atom. The molecule has 0 aliphatic rings. The summed E-state index contributed by atoms with van der Waals surface area (Å²) in [5.41, 5.74) is 0. The van der Waals surface area contributed by atoms with Crippen molar-refractivity contribution < 1.29 is 0 Å². The normalized spacial score (nSPS) is 12.9. The van der Waals surface area contributed by atoms with Crippen LogP contribution in [0.15, 0.2) is 17.5 Å². The zero-order valence-corrected chi connectivity index (χ0v) is 11.3. The largest absolute Gasteiger partial charge is 0.316 e. The third-order valence-corrected chi connectivity index (χ3v) is 4.66. The lowest BCUT2D eigenvalue weighted by Gasteiger charge is -2.08. The molecule has 0 bridgehead atoms. The van der Waals surface area contributed by atoms with Crippen LogP contribution in [0.5, 0.6) is 0 Å². The molecule has 0 aromatic carbocycles. The van der Waals surface area contributed by atoms with Crippen molar-refractivity contribution in [2.45, 2.75) is 31.9 Å². The second-order valence-electron chi connectivity index (χ2n) is 3.67. The van der Waals surface area contributed by atoms with E-state index < -0.39 is 0 Å². The van der Waals surface area contributed by atoms with Gasteiger partial charge in [-0.25, -0.2) is 0 Å². The summed E-state index contributed by atoms with van der Waals surface area (Å²) in [5.74, 6) is 1.24. The fourth-order valence-corrected chi connectivity index (χ4v) is 2.85. The van der Waals surface area contributed by atoms with Crippen LogP contribution in [-0.4, -0.2) is 24.1 Å². The van der Waals surface area contributed by atoms with Gasteiger partial charge in [-0.1, -0.05) is 19.9 Å². The molecule has 0 aliphatic heterocycles. The lowest BCUT2D eigenvalue weighted by molar-refractivity contribution is 0.724. The van der Waals surface area contributed by atoms with Gasteiger partial charge in [-0.2, -0.15) is 11.8 Å². The maximum atomic E-state index is 3.49. The van der Waals surface area contributed by atoms with Gasteiger partial charge in [0.2, 0.25) is 0 Å². The minimum absolute atomic E-state index is 0.809. The standard InChI is InChI=1S/C12H21NS2/c1-3-11(2)14-10-8-13-7-6-12-5-4-9-15-12/h4-5,9,11,13H,3,6-8,10H2,1-2H3. The summed E-state index contributed by atoms with van der Waals surface area (Å²) in [6.07, 6.45) is 2.45. The van der Waals surface area contributed by atoms with Crippen molar-refractivity contribution in [3.05, 3.63) is 22.4 Å². The fourth-order valence-electron chi connectivity index (χ4n) is 1.24. The molecule has 1 atom stereocenters. The van der Waals surface area contributed by atoms with Crippen LogP contribution in [0.4, 0.5) is 0 Å². The van der Waals surface area contributed by atoms with Crippen molar-refractivity contribution in [1.82, 2.24) is 5.32 Å². The zero-order valence-electron chi connectivity index (χ0n) is 9.66. The molecule has 1 heterocycles. The van der Waals surface area contributed by atoms with Crippen LogP contribution in [0.25, 0.3) is 0 Å². The summed E-state index contributed by atoms with van der Waals surface area (Å²) >= 11 is 3.91. The van der Waals surface area contributed by atoms with Crippen LogP contribution in [0.2, 0.25) is 0 Å². The molecule has 0 aliphatic carbocycles. The fraction of sp³-hybridized carbons (Fsp3) is 0.667. The Labute approximate surface area is 102 Å². The Morgan fingerprint density at radius 3 is 3.00 bits per heavy atom. The van der Waals surface area contributed by atoms with E-state index in [4.69, 9.17) is 0 Å². The molecule has 1 unspecified atom stereocenters. The lowest BCUT2D eigenvalue weighted by Crippen LogP contribution is -2.20. The van der Waals surface area contributed by atoms with Gasteiger partial charge < -0.3 is 5.32 Å². The van der Waals surface area contributed by atoms with Crippen LogP contribution >= 0.6 is 23.1 Å². The number of rotatable bonds is 8. The second kappa shape index (κ2) is 8.20. The highest BCUT2D eigenvalue weighted by Gasteiger charge is 1.98. The average Bonchev–Trinajstić information content (AvgIpc) is 2.75. The van der Waals surface area contributed by atoms with Crippen LogP contribution < -0.4 is 5.32 Å². The minimum atomic E-state index is 0.809. The van der Waals surface area contributed by atoms with E-state index in [0.29, 0.717) is 0 Å². The predicted octanol–water partition coefficient (Wildman–Crippen LogP) is 3.41. The third kappa shape index (κ3) is 6.23. The topological polar surface area (TPSA) is 12.0 Å². The average molecular weight is 243 g/mol. The summed E-state index contributed by atoms with van der Waals surface area (Å²) in [6.45, 7) is 6.81. The second-order valence-corrected chi connectivity index (χ2v) is 6.25. The van der Waals surface area contributed by atoms with E-state index in [2.05, 4.69) is 48.4 Å². The first-order valence-electron chi connectivity index (χ1n) is 5.67. The van der Waals surface area contributed by atoms with Crippen molar-refractivity contribution in [2.24, 2.45) is 0 Å². The molecule has 1 nitrogen and oxygen atoms in total. The van der Waals surface area contributed by atoms with E-state index in [1.54, 1.807) is 0 Å². The highest BCUT2D eigenvalue weighted by Crippen LogP contribution is 2.12. The van der Waals surface area contributed by atoms with Crippen molar-refractivity contribution in [2.75, 3.05) is 18.8 Å². The Bertz CT molecular complexity index is 234. The molecule has 0 saturated heterocycles. The third-order valence-electron chi connectivity index (χ3n) is 2.38. The first-order chi connectivity index (χ1) is 7.33. The van der Waals surface area contributed by atoms with Gasteiger partial charge in [0.05, 0.1) is 0 Å².